The van der Waals surface area contributed by atoms with Gasteiger partial charge in [-0.25, -0.2) is 4.79 Å². The number of hydrogen-bond donors (Lipinski definition) is 1. The van der Waals surface area contributed by atoms with Crippen molar-refractivity contribution in [3.63, 3.8) is 0 Å². The van der Waals surface area contributed by atoms with Crippen molar-refractivity contribution in [2.75, 3.05) is 25.2 Å². The lowest BCUT2D eigenvalue weighted by Gasteiger charge is -2.32. The fourth-order valence-electron chi connectivity index (χ4n) is 3.95. The Labute approximate surface area is 214 Å². The summed E-state index contributed by atoms with van der Waals surface area (Å²) in [5.41, 5.74) is 2.05. The standard InChI is InChI=1S/C27H28N4O6/c1-3-20-18-23(36-2)29-25(24(20)27(33)37-17-7-15-28)26(32)30(16-14-19-8-5-4-6-9-19)21-10-12-22(13-11-21)31(34)35/h4-6,8-13,18,25,29H,3,7,14,16-17H2,1-2H3. The summed E-state index contributed by atoms with van der Waals surface area (Å²) in [5.74, 6) is -0.836. The number of rotatable bonds is 11. The Hall–Kier alpha value is -4.65. The Morgan fingerprint density at radius 1 is 1.16 bits per heavy atom. The number of allylic oxidation sites excluding steroid dienone is 2. The highest BCUT2D eigenvalue weighted by molar-refractivity contribution is 6.07. The molecule has 1 N–H and O–H groups in total. The molecular formula is C27H28N4O6. The summed E-state index contributed by atoms with van der Waals surface area (Å²) in [7, 11) is 1.45. The van der Waals surface area contributed by atoms with Crippen LogP contribution in [0.1, 0.15) is 25.3 Å². The largest absolute Gasteiger partial charge is 0.482 e. The van der Waals surface area contributed by atoms with E-state index >= 15 is 0 Å². The second-order valence-electron chi connectivity index (χ2n) is 8.13. The number of nitrogens with one attached hydrogen (secondary N) is 1. The second kappa shape index (κ2) is 12.9. The number of nitro benzene ring substituents is 1. The third-order valence-corrected chi connectivity index (χ3v) is 5.85. The zero-order chi connectivity index (χ0) is 26.8. The summed E-state index contributed by atoms with van der Waals surface area (Å²) in [4.78, 5) is 39.3. The first-order chi connectivity index (χ1) is 17.9. The molecule has 37 heavy (non-hydrogen) atoms. The van der Waals surface area contributed by atoms with E-state index in [0.717, 1.165) is 5.56 Å². The number of nitriles is 1. The summed E-state index contributed by atoms with van der Waals surface area (Å²) in [5, 5.41) is 22.9. The molecule has 192 valence electrons. The van der Waals surface area contributed by atoms with Gasteiger partial charge in [-0.2, -0.15) is 5.26 Å². The number of amides is 1. The van der Waals surface area contributed by atoms with Gasteiger partial charge in [-0.05, 0) is 36.1 Å². The summed E-state index contributed by atoms with van der Waals surface area (Å²) in [6, 6.07) is 16.0. The van der Waals surface area contributed by atoms with Crippen molar-refractivity contribution < 1.29 is 24.0 Å². The first-order valence-corrected chi connectivity index (χ1v) is 11.8. The molecule has 0 aromatic heterocycles. The molecule has 1 heterocycles. The van der Waals surface area contributed by atoms with Gasteiger partial charge in [0.2, 0.25) is 0 Å². The summed E-state index contributed by atoms with van der Waals surface area (Å²) >= 11 is 0. The molecule has 0 radical (unpaired) electrons. The molecule has 0 aliphatic carbocycles. The van der Waals surface area contributed by atoms with Crippen LogP contribution in [0.3, 0.4) is 0 Å². The first kappa shape index (κ1) is 26.9. The fourth-order valence-corrected chi connectivity index (χ4v) is 3.95. The summed E-state index contributed by atoms with van der Waals surface area (Å²) < 4.78 is 10.6. The zero-order valence-electron chi connectivity index (χ0n) is 20.7. The number of carbonyl (C=O) groups is 2. The van der Waals surface area contributed by atoms with E-state index in [1.165, 1.54) is 36.3 Å². The van der Waals surface area contributed by atoms with Gasteiger partial charge in [0.05, 0.1) is 30.1 Å². The second-order valence-corrected chi connectivity index (χ2v) is 8.13. The molecule has 0 fully saturated rings. The molecule has 2 aromatic carbocycles. The number of hydrogen-bond acceptors (Lipinski definition) is 8. The molecule has 1 aliphatic heterocycles. The topological polar surface area (TPSA) is 135 Å². The SMILES string of the molecule is CCC1=C(C(=O)OCCC#N)C(C(=O)N(CCc2ccccc2)c2ccc([N+](=O)[O-])cc2)NC(OC)=C1. The Morgan fingerprint density at radius 3 is 2.46 bits per heavy atom. The number of non-ortho nitro benzene ring substituents is 1. The Kier molecular flexibility index (Phi) is 9.38. The molecule has 0 spiro atoms. The van der Waals surface area contributed by atoms with E-state index in [1.54, 1.807) is 6.08 Å². The van der Waals surface area contributed by atoms with Crippen molar-refractivity contribution in [1.82, 2.24) is 5.32 Å². The minimum Gasteiger partial charge on any atom is -0.482 e. The summed E-state index contributed by atoms with van der Waals surface area (Å²) in [6.07, 6.45) is 2.61. The van der Waals surface area contributed by atoms with Crippen molar-refractivity contribution in [3.8, 4) is 6.07 Å². The number of nitro groups is 1. The number of esters is 1. The first-order valence-electron chi connectivity index (χ1n) is 11.8. The van der Waals surface area contributed by atoms with E-state index in [9.17, 15) is 19.7 Å². The molecule has 0 bridgehead atoms. The smallest absolute Gasteiger partial charge is 0.336 e. The number of carbonyl (C=O) groups excluding carboxylic acids is 2. The van der Waals surface area contributed by atoms with Gasteiger partial charge < -0.3 is 19.7 Å². The number of dihydropyridines is 1. The van der Waals surface area contributed by atoms with E-state index in [2.05, 4.69) is 5.32 Å². The Bertz CT molecular complexity index is 1230. The molecule has 1 amide bonds. The van der Waals surface area contributed by atoms with E-state index in [1.807, 2.05) is 43.3 Å². The predicted molar refractivity (Wildman–Crippen MR) is 136 cm³/mol. The van der Waals surface area contributed by atoms with Gasteiger partial charge in [-0.1, -0.05) is 37.3 Å². The molecule has 0 saturated carbocycles. The number of benzene rings is 2. The molecule has 1 unspecified atom stereocenters. The molecule has 2 aromatic rings. The lowest BCUT2D eigenvalue weighted by molar-refractivity contribution is -0.384. The van der Waals surface area contributed by atoms with E-state index in [0.29, 0.717) is 30.0 Å². The van der Waals surface area contributed by atoms with Crippen molar-refractivity contribution in [2.45, 2.75) is 32.2 Å². The van der Waals surface area contributed by atoms with Gasteiger partial charge in [0, 0.05) is 30.4 Å². The van der Waals surface area contributed by atoms with Crippen LogP contribution < -0.4 is 10.2 Å². The van der Waals surface area contributed by atoms with Crippen LogP contribution in [0.15, 0.2) is 77.7 Å². The average molecular weight is 505 g/mol. The lowest BCUT2D eigenvalue weighted by Crippen LogP contribution is -2.51. The number of nitrogens with zero attached hydrogens (tertiary/aromatic N) is 3. The fraction of sp³-hybridized carbons (Fsp3) is 0.296. The maximum absolute atomic E-state index is 14.1. The van der Waals surface area contributed by atoms with Gasteiger partial charge in [0.15, 0.2) is 5.88 Å². The number of methoxy groups -OCH3 is 1. The molecule has 10 heteroatoms. The third kappa shape index (κ3) is 6.73. The van der Waals surface area contributed by atoms with Crippen LogP contribution in [0.4, 0.5) is 11.4 Å². The minimum atomic E-state index is -1.13. The summed E-state index contributed by atoms with van der Waals surface area (Å²) in [6.45, 7) is 2.00. The van der Waals surface area contributed by atoms with Crippen LogP contribution in [0, 0.1) is 21.4 Å². The van der Waals surface area contributed by atoms with Crippen molar-refractivity contribution in [1.29, 1.82) is 5.26 Å². The highest BCUT2D eigenvalue weighted by Crippen LogP contribution is 2.27. The third-order valence-electron chi connectivity index (χ3n) is 5.85. The van der Waals surface area contributed by atoms with Crippen LogP contribution in [-0.4, -0.2) is 43.1 Å². The van der Waals surface area contributed by atoms with Gasteiger partial charge in [0.25, 0.3) is 11.6 Å². The van der Waals surface area contributed by atoms with Gasteiger partial charge in [-0.3, -0.25) is 14.9 Å². The van der Waals surface area contributed by atoms with Crippen molar-refractivity contribution >= 4 is 23.3 Å². The molecule has 0 saturated heterocycles. The van der Waals surface area contributed by atoms with Crippen LogP contribution in [0.2, 0.25) is 0 Å². The average Bonchev–Trinajstić information content (AvgIpc) is 2.93. The normalized spacial score (nSPS) is 14.6. The van der Waals surface area contributed by atoms with Crippen LogP contribution >= 0.6 is 0 Å². The van der Waals surface area contributed by atoms with Crippen molar-refractivity contribution in [3.05, 3.63) is 93.4 Å². The van der Waals surface area contributed by atoms with E-state index in [4.69, 9.17) is 14.7 Å². The highest BCUT2D eigenvalue weighted by atomic mass is 16.6. The van der Waals surface area contributed by atoms with Crippen molar-refractivity contribution in [2.24, 2.45) is 0 Å². The maximum Gasteiger partial charge on any atom is 0.336 e. The Morgan fingerprint density at radius 2 is 1.86 bits per heavy atom. The maximum atomic E-state index is 14.1. The van der Waals surface area contributed by atoms with Crippen LogP contribution in [-0.2, 0) is 25.5 Å². The molecule has 3 rings (SSSR count). The lowest BCUT2D eigenvalue weighted by atomic mass is 9.94. The molecule has 10 nitrogen and oxygen atoms in total. The quantitative estimate of drug-likeness (QED) is 0.211. The molecule has 1 atom stereocenters. The minimum absolute atomic E-state index is 0.0255. The van der Waals surface area contributed by atoms with Crippen LogP contribution in [0.25, 0.3) is 0 Å². The van der Waals surface area contributed by atoms with Gasteiger partial charge in [0.1, 0.15) is 12.6 Å². The van der Waals surface area contributed by atoms with Gasteiger partial charge in [-0.15, -0.1) is 0 Å². The monoisotopic (exact) mass is 504 g/mol. The van der Waals surface area contributed by atoms with Crippen LogP contribution in [0.5, 0.6) is 0 Å². The molecule has 1 aliphatic rings. The number of ether oxygens (including phenoxy) is 2. The molecular weight excluding hydrogens is 476 g/mol. The number of anilines is 1. The zero-order valence-corrected chi connectivity index (χ0v) is 20.7. The van der Waals surface area contributed by atoms with Gasteiger partial charge >= 0.3 is 5.97 Å². The predicted octanol–water partition coefficient (Wildman–Crippen LogP) is 3.79. The van der Waals surface area contributed by atoms with E-state index < -0.39 is 22.8 Å². The van der Waals surface area contributed by atoms with E-state index in [-0.39, 0.29) is 30.8 Å². The Balaban J connectivity index is 2.00. The highest BCUT2D eigenvalue weighted by Gasteiger charge is 2.37.